The van der Waals surface area contributed by atoms with Gasteiger partial charge in [0.2, 0.25) is 0 Å². The second-order valence-electron chi connectivity index (χ2n) is 4.62. The molecule has 0 amide bonds. The zero-order chi connectivity index (χ0) is 12.3. The molecule has 1 aliphatic rings. The van der Waals surface area contributed by atoms with Gasteiger partial charge in [-0.2, -0.15) is 0 Å². The molecular weight excluding hydrogens is 278 g/mol. The molecular formula is C14H18BrNO. The van der Waals surface area contributed by atoms with E-state index in [9.17, 15) is 4.79 Å². The van der Waals surface area contributed by atoms with Gasteiger partial charge in [-0.25, -0.2) is 0 Å². The van der Waals surface area contributed by atoms with Gasteiger partial charge in [0, 0.05) is 35.6 Å². The van der Waals surface area contributed by atoms with Gasteiger partial charge in [0.1, 0.15) is 5.78 Å². The Kier molecular flexibility index (Phi) is 4.21. The third-order valence-electron chi connectivity index (χ3n) is 3.33. The highest BCUT2D eigenvalue weighted by Gasteiger charge is 2.27. The summed E-state index contributed by atoms with van der Waals surface area (Å²) in [6, 6.07) is 8.32. The zero-order valence-corrected chi connectivity index (χ0v) is 11.7. The van der Waals surface area contributed by atoms with Crippen molar-refractivity contribution in [1.82, 2.24) is 0 Å². The van der Waals surface area contributed by atoms with Crippen LogP contribution in [0.1, 0.15) is 26.2 Å². The van der Waals surface area contributed by atoms with Gasteiger partial charge in [0.25, 0.3) is 0 Å². The normalized spacial score (nSPS) is 19.6. The van der Waals surface area contributed by atoms with Crippen LogP contribution in [0.5, 0.6) is 0 Å². The van der Waals surface area contributed by atoms with Crippen LogP contribution >= 0.6 is 15.9 Å². The minimum absolute atomic E-state index is 0.249. The number of nitrogens with zero attached hydrogens (tertiary/aromatic N) is 1. The molecule has 0 aliphatic carbocycles. The van der Waals surface area contributed by atoms with Crippen LogP contribution in [0, 0.1) is 5.92 Å². The summed E-state index contributed by atoms with van der Waals surface area (Å²) < 4.78 is 1.10. The van der Waals surface area contributed by atoms with E-state index >= 15 is 0 Å². The number of rotatable bonds is 4. The predicted molar refractivity (Wildman–Crippen MR) is 74.4 cm³/mol. The second-order valence-corrected chi connectivity index (χ2v) is 5.54. The Labute approximate surface area is 111 Å². The van der Waals surface area contributed by atoms with Gasteiger partial charge in [0.15, 0.2) is 0 Å². The Morgan fingerprint density at radius 2 is 2.12 bits per heavy atom. The fourth-order valence-corrected chi connectivity index (χ4v) is 2.62. The van der Waals surface area contributed by atoms with E-state index in [0.717, 1.165) is 36.8 Å². The van der Waals surface area contributed by atoms with Crippen LogP contribution in [0.25, 0.3) is 0 Å². The standard InChI is InChI=1S/C14H18BrNO/c1-2-3-14(17)11-8-9-16(10-11)13-6-4-12(15)5-7-13/h4-7,11H,2-3,8-10H2,1H3. The van der Waals surface area contributed by atoms with E-state index in [-0.39, 0.29) is 5.92 Å². The van der Waals surface area contributed by atoms with E-state index in [1.165, 1.54) is 5.69 Å². The van der Waals surface area contributed by atoms with Crippen LogP contribution in [-0.2, 0) is 4.79 Å². The lowest BCUT2D eigenvalue weighted by molar-refractivity contribution is -0.122. The molecule has 3 heteroatoms. The molecule has 1 unspecified atom stereocenters. The first kappa shape index (κ1) is 12.6. The molecule has 1 fully saturated rings. The monoisotopic (exact) mass is 295 g/mol. The van der Waals surface area contributed by atoms with Gasteiger partial charge in [-0.3, -0.25) is 4.79 Å². The van der Waals surface area contributed by atoms with Crippen molar-refractivity contribution in [2.45, 2.75) is 26.2 Å². The van der Waals surface area contributed by atoms with Crippen molar-refractivity contribution in [3.8, 4) is 0 Å². The summed E-state index contributed by atoms with van der Waals surface area (Å²) in [6.45, 7) is 3.96. The van der Waals surface area contributed by atoms with Crippen molar-refractivity contribution in [1.29, 1.82) is 0 Å². The van der Waals surface area contributed by atoms with E-state index in [4.69, 9.17) is 0 Å². The molecule has 1 atom stereocenters. The third-order valence-corrected chi connectivity index (χ3v) is 3.86. The van der Waals surface area contributed by atoms with Crippen LogP contribution in [-0.4, -0.2) is 18.9 Å². The van der Waals surface area contributed by atoms with Crippen molar-refractivity contribution in [3.05, 3.63) is 28.7 Å². The Morgan fingerprint density at radius 1 is 1.41 bits per heavy atom. The lowest BCUT2D eigenvalue weighted by Crippen LogP contribution is -2.22. The van der Waals surface area contributed by atoms with Gasteiger partial charge in [-0.05, 0) is 37.1 Å². The molecule has 0 bridgehead atoms. The average molecular weight is 296 g/mol. The molecule has 92 valence electrons. The Balaban J connectivity index is 1.98. The van der Waals surface area contributed by atoms with E-state index < -0.39 is 0 Å². The molecule has 1 aliphatic heterocycles. The first-order chi connectivity index (χ1) is 8.20. The maximum absolute atomic E-state index is 11.8. The van der Waals surface area contributed by atoms with Crippen LogP contribution < -0.4 is 4.90 Å². The largest absolute Gasteiger partial charge is 0.371 e. The fraction of sp³-hybridized carbons (Fsp3) is 0.500. The summed E-state index contributed by atoms with van der Waals surface area (Å²) in [7, 11) is 0. The van der Waals surface area contributed by atoms with Gasteiger partial charge in [0.05, 0.1) is 0 Å². The summed E-state index contributed by atoms with van der Waals surface area (Å²) in [4.78, 5) is 14.2. The summed E-state index contributed by atoms with van der Waals surface area (Å²) in [5, 5.41) is 0. The molecule has 17 heavy (non-hydrogen) atoms. The molecule has 0 N–H and O–H groups in total. The first-order valence-corrected chi connectivity index (χ1v) is 7.03. The average Bonchev–Trinajstić information content (AvgIpc) is 2.80. The number of hydrogen-bond acceptors (Lipinski definition) is 2. The second kappa shape index (κ2) is 5.67. The lowest BCUT2D eigenvalue weighted by Gasteiger charge is -2.18. The van der Waals surface area contributed by atoms with E-state index in [1.54, 1.807) is 0 Å². The number of anilines is 1. The van der Waals surface area contributed by atoms with Gasteiger partial charge < -0.3 is 4.90 Å². The van der Waals surface area contributed by atoms with E-state index in [0.29, 0.717) is 5.78 Å². The van der Waals surface area contributed by atoms with Gasteiger partial charge in [-0.15, -0.1) is 0 Å². The molecule has 0 spiro atoms. The van der Waals surface area contributed by atoms with Crippen LogP contribution in [0.4, 0.5) is 5.69 Å². The molecule has 1 heterocycles. The summed E-state index contributed by atoms with van der Waals surface area (Å²) in [6.07, 6.45) is 2.71. The van der Waals surface area contributed by atoms with Crippen molar-refractivity contribution in [2.75, 3.05) is 18.0 Å². The quantitative estimate of drug-likeness (QED) is 0.845. The molecule has 1 saturated heterocycles. The number of hydrogen-bond donors (Lipinski definition) is 0. The van der Waals surface area contributed by atoms with Crippen molar-refractivity contribution in [3.63, 3.8) is 0 Å². The minimum atomic E-state index is 0.249. The highest BCUT2D eigenvalue weighted by molar-refractivity contribution is 9.10. The van der Waals surface area contributed by atoms with Crippen molar-refractivity contribution >= 4 is 27.4 Å². The molecule has 0 aromatic heterocycles. The number of ketones is 1. The highest BCUT2D eigenvalue weighted by atomic mass is 79.9. The van der Waals surface area contributed by atoms with Gasteiger partial charge >= 0.3 is 0 Å². The zero-order valence-electron chi connectivity index (χ0n) is 10.2. The molecule has 2 nitrogen and oxygen atoms in total. The molecule has 0 radical (unpaired) electrons. The summed E-state index contributed by atoms with van der Waals surface area (Å²) in [5.41, 5.74) is 1.22. The minimum Gasteiger partial charge on any atom is -0.371 e. The van der Waals surface area contributed by atoms with Gasteiger partial charge in [-0.1, -0.05) is 22.9 Å². The summed E-state index contributed by atoms with van der Waals surface area (Å²) >= 11 is 3.44. The van der Waals surface area contributed by atoms with Crippen LogP contribution in [0.3, 0.4) is 0 Å². The Bertz CT molecular complexity index is 388. The van der Waals surface area contributed by atoms with Crippen LogP contribution in [0.2, 0.25) is 0 Å². The summed E-state index contributed by atoms with van der Waals surface area (Å²) in [5.74, 6) is 0.686. The first-order valence-electron chi connectivity index (χ1n) is 6.24. The molecule has 0 saturated carbocycles. The van der Waals surface area contributed by atoms with Crippen molar-refractivity contribution in [2.24, 2.45) is 5.92 Å². The Hall–Kier alpha value is -0.830. The maximum Gasteiger partial charge on any atom is 0.137 e. The smallest absolute Gasteiger partial charge is 0.137 e. The van der Waals surface area contributed by atoms with E-state index in [1.807, 2.05) is 0 Å². The topological polar surface area (TPSA) is 20.3 Å². The third kappa shape index (κ3) is 3.09. The lowest BCUT2D eigenvalue weighted by atomic mass is 10.00. The molecule has 1 aromatic carbocycles. The molecule has 1 aromatic rings. The maximum atomic E-state index is 11.8. The highest BCUT2D eigenvalue weighted by Crippen LogP contribution is 2.26. The number of carbonyl (C=O) groups is 1. The number of halogens is 1. The SMILES string of the molecule is CCCC(=O)C1CCN(c2ccc(Br)cc2)C1. The number of Topliss-reactive ketones (excluding diaryl/α,β-unsaturated/α-hetero) is 1. The Morgan fingerprint density at radius 3 is 2.76 bits per heavy atom. The number of carbonyl (C=O) groups excluding carboxylic acids is 1. The fourth-order valence-electron chi connectivity index (χ4n) is 2.36. The van der Waals surface area contributed by atoms with Crippen molar-refractivity contribution < 1.29 is 4.79 Å². The van der Waals surface area contributed by atoms with E-state index in [2.05, 4.69) is 52.0 Å². The van der Waals surface area contributed by atoms with Crippen LogP contribution in [0.15, 0.2) is 28.7 Å². The number of benzene rings is 1. The molecule has 2 rings (SSSR count). The predicted octanol–water partition coefficient (Wildman–Crippen LogP) is 3.64.